The van der Waals surface area contributed by atoms with Crippen molar-refractivity contribution in [2.24, 2.45) is 0 Å². The van der Waals surface area contributed by atoms with E-state index in [1.807, 2.05) is 18.2 Å². The van der Waals surface area contributed by atoms with Gasteiger partial charge in [0.05, 0.1) is 11.2 Å². The fraction of sp³-hybridized carbons (Fsp3) is 0.214. The summed E-state index contributed by atoms with van der Waals surface area (Å²) in [5.41, 5.74) is 4.68. The number of allylic oxidation sites excluding steroid dienone is 2. The molecule has 3 aromatic rings. The summed E-state index contributed by atoms with van der Waals surface area (Å²) in [6, 6.07) is 31.2. The fourth-order valence-corrected chi connectivity index (χ4v) is 3.70. The Labute approximate surface area is 186 Å². The van der Waals surface area contributed by atoms with Crippen molar-refractivity contribution >= 4 is 24.2 Å². The van der Waals surface area contributed by atoms with E-state index in [1.54, 1.807) is 0 Å². The Morgan fingerprint density at radius 2 is 1.10 bits per heavy atom. The van der Waals surface area contributed by atoms with Gasteiger partial charge in [-0.3, -0.25) is 0 Å². The average Bonchev–Trinajstić information content (AvgIpc) is 2.99. The second-order valence-corrected chi connectivity index (χ2v) is 8.89. The SMILES string of the molecule is CC1(C)OB(/C(=C(/C=C/c2ccccc2)c2ccccc2)c2ccccc2)OC1(C)C. The monoisotopic (exact) mass is 408 g/mol. The van der Waals surface area contributed by atoms with E-state index in [0.29, 0.717) is 0 Å². The fourth-order valence-electron chi connectivity index (χ4n) is 3.70. The minimum absolute atomic E-state index is 0.414. The lowest BCUT2D eigenvalue weighted by atomic mass is 9.70. The van der Waals surface area contributed by atoms with Gasteiger partial charge in [0.1, 0.15) is 0 Å². The Hall–Kier alpha value is -2.88. The lowest BCUT2D eigenvalue weighted by Crippen LogP contribution is -2.41. The zero-order valence-electron chi connectivity index (χ0n) is 18.7. The minimum atomic E-state index is -0.469. The maximum absolute atomic E-state index is 6.52. The smallest absolute Gasteiger partial charge is 0.399 e. The summed E-state index contributed by atoms with van der Waals surface area (Å²) >= 11 is 0. The minimum Gasteiger partial charge on any atom is -0.399 e. The maximum atomic E-state index is 6.52. The predicted molar refractivity (Wildman–Crippen MR) is 131 cm³/mol. The molecule has 3 aromatic carbocycles. The Kier molecular flexibility index (Phi) is 6.00. The molecule has 156 valence electrons. The lowest BCUT2D eigenvalue weighted by Gasteiger charge is -2.32. The number of hydrogen-bond donors (Lipinski definition) is 0. The van der Waals surface area contributed by atoms with Crippen LogP contribution in [0.2, 0.25) is 0 Å². The zero-order valence-corrected chi connectivity index (χ0v) is 18.7. The van der Waals surface area contributed by atoms with Crippen molar-refractivity contribution in [3.8, 4) is 0 Å². The van der Waals surface area contributed by atoms with Gasteiger partial charge in [-0.25, -0.2) is 0 Å². The van der Waals surface area contributed by atoms with Gasteiger partial charge in [0.2, 0.25) is 0 Å². The van der Waals surface area contributed by atoms with Crippen LogP contribution in [0.4, 0.5) is 0 Å². The van der Waals surface area contributed by atoms with Crippen LogP contribution in [0.15, 0.2) is 97.1 Å². The normalized spacial score (nSPS) is 18.3. The van der Waals surface area contributed by atoms with Gasteiger partial charge in [-0.05, 0) is 55.4 Å². The van der Waals surface area contributed by atoms with Gasteiger partial charge in [-0.2, -0.15) is 0 Å². The zero-order chi connectivity index (χ0) is 21.9. The molecule has 1 saturated heterocycles. The molecule has 2 nitrogen and oxygen atoms in total. The van der Waals surface area contributed by atoms with Gasteiger partial charge in [-0.1, -0.05) is 103 Å². The molecule has 1 heterocycles. The summed E-state index contributed by atoms with van der Waals surface area (Å²) in [4.78, 5) is 0. The number of hydrogen-bond acceptors (Lipinski definition) is 2. The topological polar surface area (TPSA) is 18.5 Å². The van der Waals surface area contributed by atoms with Crippen LogP contribution in [0.25, 0.3) is 17.1 Å². The first kappa shape index (κ1) is 21.4. The summed E-state index contributed by atoms with van der Waals surface area (Å²) < 4.78 is 13.0. The summed E-state index contributed by atoms with van der Waals surface area (Å²) in [6.07, 6.45) is 4.33. The Bertz CT molecular complexity index is 1050. The molecule has 0 aromatic heterocycles. The molecular weight excluding hydrogens is 379 g/mol. The standard InChI is InChI=1S/C28H29BO2/c1-27(2)28(3,4)31-29(30-27)26(24-18-12-7-13-19-24)25(23-16-10-6-11-17-23)21-20-22-14-8-5-9-15-22/h5-21H,1-4H3/b21-20+,26-25-. The first-order chi connectivity index (χ1) is 14.9. The molecule has 0 unspecified atom stereocenters. The van der Waals surface area contributed by atoms with Crippen LogP contribution in [-0.4, -0.2) is 18.3 Å². The van der Waals surface area contributed by atoms with Gasteiger partial charge >= 0.3 is 7.12 Å². The van der Waals surface area contributed by atoms with Gasteiger partial charge in [-0.15, -0.1) is 0 Å². The molecule has 1 aliphatic rings. The molecule has 0 N–H and O–H groups in total. The van der Waals surface area contributed by atoms with Crippen molar-refractivity contribution in [3.05, 3.63) is 114 Å². The highest BCUT2D eigenvalue weighted by atomic mass is 16.7. The van der Waals surface area contributed by atoms with Crippen LogP contribution < -0.4 is 0 Å². The van der Waals surface area contributed by atoms with Crippen molar-refractivity contribution in [1.29, 1.82) is 0 Å². The third-order valence-corrected chi connectivity index (χ3v) is 6.19. The molecule has 0 bridgehead atoms. The van der Waals surface area contributed by atoms with E-state index in [1.165, 1.54) is 0 Å². The van der Waals surface area contributed by atoms with E-state index in [0.717, 1.165) is 27.7 Å². The largest absolute Gasteiger partial charge is 0.496 e. The van der Waals surface area contributed by atoms with Crippen LogP contribution in [0, 0.1) is 0 Å². The summed E-state index contributed by atoms with van der Waals surface area (Å²) in [5.74, 6) is 0. The van der Waals surface area contributed by atoms with E-state index < -0.39 is 18.3 Å². The van der Waals surface area contributed by atoms with Crippen LogP contribution in [0.3, 0.4) is 0 Å². The van der Waals surface area contributed by atoms with Crippen LogP contribution in [0.5, 0.6) is 0 Å². The second-order valence-electron chi connectivity index (χ2n) is 8.89. The molecule has 3 heteroatoms. The van der Waals surface area contributed by atoms with E-state index >= 15 is 0 Å². The van der Waals surface area contributed by atoms with Crippen molar-refractivity contribution in [3.63, 3.8) is 0 Å². The number of rotatable bonds is 5. The van der Waals surface area contributed by atoms with E-state index in [4.69, 9.17) is 9.31 Å². The van der Waals surface area contributed by atoms with Gasteiger partial charge < -0.3 is 9.31 Å². The van der Waals surface area contributed by atoms with Crippen molar-refractivity contribution in [1.82, 2.24) is 0 Å². The van der Waals surface area contributed by atoms with Crippen LogP contribution >= 0.6 is 0 Å². The third-order valence-electron chi connectivity index (χ3n) is 6.19. The Balaban J connectivity index is 1.92. The molecule has 31 heavy (non-hydrogen) atoms. The van der Waals surface area contributed by atoms with Crippen molar-refractivity contribution < 1.29 is 9.31 Å². The van der Waals surface area contributed by atoms with E-state index in [2.05, 4.69) is 113 Å². The van der Waals surface area contributed by atoms with Crippen molar-refractivity contribution in [2.45, 2.75) is 38.9 Å². The van der Waals surface area contributed by atoms with E-state index in [-0.39, 0.29) is 0 Å². The third kappa shape index (κ3) is 4.58. The lowest BCUT2D eigenvalue weighted by molar-refractivity contribution is 0.00578. The summed E-state index contributed by atoms with van der Waals surface area (Å²) in [7, 11) is -0.469. The van der Waals surface area contributed by atoms with Crippen LogP contribution in [0.1, 0.15) is 44.4 Å². The van der Waals surface area contributed by atoms with Crippen molar-refractivity contribution in [2.75, 3.05) is 0 Å². The average molecular weight is 408 g/mol. The quantitative estimate of drug-likeness (QED) is 0.259. The molecule has 1 fully saturated rings. The van der Waals surface area contributed by atoms with Gasteiger partial charge in [0.25, 0.3) is 0 Å². The highest BCUT2D eigenvalue weighted by molar-refractivity contribution is 6.71. The Morgan fingerprint density at radius 3 is 1.61 bits per heavy atom. The number of benzene rings is 3. The molecular formula is C28H29BO2. The molecule has 0 amide bonds. The van der Waals surface area contributed by atoms with E-state index in [9.17, 15) is 0 Å². The first-order valence-corrected chi connectivity index (χ1v) is 10.8. The molecule has 0 saturated carbocycles. The van der Waals surface area contributed by atoms with Gasteiger partial charge in [0, 0.05) is 0 Å². The maximum Gasteiger partial charge on any atom is 0.496 e. The molecule has 0 aliphatic carbocycles. The predicted octanol–water partition coefficient (Wildman–Crippen LogP) is 6.94. The summed E-state index contributed by atoms with van der Waals surface area (Å²) in [6.45, 7) is 8.38. The molecule has 4 rings (SSSR count). The highest BCUT2D eigenvalue weighted by Gasteiger charge is 2.53. The first-order valence-electron chi connectivity index (χ1n) is 10.8. The molecule has 0 radical (unpaired) electrons. The highest BCUT2D eigenvalue weighted by Crippen LogP contribution is 2.43. The van der Waals surface area contributed by atoms with Crippen LogP contribution in [-0.2, 0) is 9.31 Å². The summed E-state index contributed by atoms with van der Waals surface area (Å²) in [5, 5.41) is 0. The molecule has 0 spiro atoms. The Morgan fingerprint density at radius 1 is 0.645 bits per heavy atom. The molecule has 0 atom stereocenters. The van der Waals surface area contributed by atoms with Gasteiger partial charge in [0.15, 0.2) is 0 Å². The molecule has 1 aliphatic heterocycles. The second kappa shape index (κ2) is 8.70.